The molecule has 44 heavy (non-hydrogen) atoms. The molecule has 1 heterocycles. The van der Waals surface area contributed by atoms with Crippen LogP contribution in [0.2, 0.25) is 10.0 Å². The van der Waals surface area contributed by atoms with Crippen molar-refractivity contribution in [2.24, 2.45) is 0 Å². The largest absolute Gasteiger partial charge is 0.461 e. The third-order valence-corrected chi connectivity index (χ3v) is 8.21. The average molecular weight is 687 g/mol. The number of alkyl halides is 7. The second-order valence-electron chi connectivity index (χ2n) is 9.93. The molecule has 1 saturated carbocycles. The number of carbonyl (C=O) groups is 2. The molecule has 1 aliphatic carbocycles. The van der Waals surface area contributed by atoms with E-state index in [4.69, 9.17) is 23.2 Å². The summed E-state index contributed by atoms with van der Waals surface area (Å²) in [7, 11) is 0. The van der Waals surface area contributed by atoms with Crippen LogP contribution in [0.3, 0.4) is 0 Å². The maximum absolute atomic E-state index is 14.1. The van der Waals surface area contributed by atoms with Crippen LogP contribution in [0.25, 0.3) is 0 Å². The maximum atomic E-state index is 14.1. The van der Waals surface area contributed by atoms with Gasteiger partial charge in [0.25, 0.3) is 5.91 Å². The number of rotatable bonds is 9. The normalized spacial score (nSPS) is 15.2. The number of anilines is 1. The van der Waals surface area contributed by atoms with Crippen molar-refractivity contribution in [1.82, 2.24) is 14.9 Å². The molecule has 1 aromatic heterocycles. The predicted molar refractivity (Wildman–Crippen MR) is 149 cm³/mol. The number of hydrogen-bond acceptors (Lipinski definition) is 6. The summed E-state index contributed by atoms with van der Waals surface area (Å²) in [6.45, 7) is 1.45. The van der Waals surface area contributed by atoms with E-state index < -0.39 is 57.9 Å². The van der Waals surface area contributed by atoms with E-state index in [-0.39, 0.29) is 27.9 Å². The molecule has 1 N–H and O–H groups in total. The topological polar surface area (TPSA) is 84.4 Å². The summed E-state index contributed by atoms with van der Waals surface area (Å²) in [5.41, 5.74) is -1.20. The molecule has 1 unspecified atom stereocenters. The highest BCUT2D eigenvalue weighted by Gasteiger charge is 2.45. The zero-order valence-corrected chi connectivity index (χ0v) is 24.9. The third kappa shape index (κ3) is 7.54. The minimum absolute atomic E-state index is 0.0495. The van der Waals surface area contributed by atoms with Crippen LogP contribution in [0.15, 0.2) is 36.4 Å². The lowest BCUT2D eigenvalue weighted by atomic mass is 9.94. The molecule has 1 atom stereocenters. The van der Waals surface area contributed by atoms with Gasteiger partial charge in [0.2, 0.25) is 5.91 Å². The Morgan fingerprint density at radius 3 is 2.11 bits per heavy atom. The third-order valence-electron chi connectivity index (χ3n) is 6.83. The van der Waals surface area contributed by atoms with Crippen molar-refractivity contribution in [3.63, 3.8) is 0 Å². The number of benzene rings is 2. The second kappa shape index (κ2) is 13.4. The molecular weight excluding hydrogens is 664 g/mol. The van der Waals surface area contributed by atoms with E-state index in [1.54, 1.807) is 0 Å². The van der Waals surface area contributed by atoms with Gasteiger partial charge in [0.1, 0.15) is 10.9 Å². The molecule has 7 nitrogen and oxygen atoms in total. The molecule has 0 bridgehead atoms. The van der Waals surface area contributed by atoms with Crippen LogP contribution in [0.4, 0.5) is 36.4 Å². The number of carbonyl (C=O) groups excluding carboxylic acids is 2. The van der Waals surface area contributed by atoms with E-state index in [9.17, 15) is 40.3 Å². The van der Waals surface area contributed by atoms with Crippen molar-refractivity contribution in [2.75, 3.05) is 4.90 Å². The van der Waals surface area contributed by atoms with Gasteiger partial charge < -0.3 is 10.1 Å². The van der Waals surface area contributed by atoms with Gasteiger partial charge in [0, 0.05) is 11.7 Å². The molecule has 17 heteroatoms. The Morgan fingerprint density at radius 1 is 1.02 bits per heavy atom. The number of nitrogens with zero attached hydrogens (tertiary/aromatic N) is 3. The summed E-state index contributed by atoms with van der Waals surface area (Å²) >= 11 is 12.9. The molecule has 0 radical (unpaired) electrons. The minimum atomic E-state index is -4.97. The summed E-state index contributed by atoms with van der Waals surface area (Å²) in [4.78, 5) is 28.8. The van der Waals surface area contributed by atoms with Gasteiger partial charge in [-0.05, 0) is 61.1 Å². The van der Waals surface area contributed by atoms with Gasteiger partial charge in [-0.1, -0.05) is 59.1 Å². The molecule has 0 saturated heterocycles. The first-order chi connectivity index (χ1) is 20.6. The highest BCUT2D eigenvalue weighted by molar-refractivity contribution is 7.08. The van der Waals surface area contributed by atoms with Gasteiger partial charge in [-0.2, -0.15) is 30.7 Å². The first kappa shape index (κ1) is 33.7. The molecule has 0 spiro atoms. The molecule has 3 aromatic rings. The fraction of sp³-hybridized carbons (Fsp3) is 0.407. The van der Waals surface area contributed by atoms with Crippen molar-refractivity contribution in [2.45, 2.75) is 69.8 Å². The number of aromatic nitrogens is 2. The Hall–Kier alpha value is -3.17. The van der Waals surface area contributed by atoms with Crippen LogP contribution in [0.5, 0.6) is 5.75 Å². The van der Waals surface area contributed by atoms with Crippen LogP contribution in [-0.4, -0.2) is 40.0 Å². The minimum Gasteiger partial charge on any atom is -0.425 e. The van der Waals surface area contributed by atoms with Crippen molar-refractivity contribution < 1.29 is 45.1 Å². The number of halogens is 9. The average Bonchev–Trinajstić information content (AvgIpc) is 3.39. The molecule has 1 fully saturated rings. The second-order valence-corrected chi connectivity index (χ2v) is 11.5. The van der Waals surface area contributed by atoms with Crippen LogP contribution < -0.4 is 15.0 Å². The van der Waals surface area contributed by atoms with Gasteiger partial charge in [0.05, 0.1) is 21.3 Å². The zero-order chi connectivity index (χ0) is 32.4. The molecule has 238 valence electrons. The van der Waals surface area contributed by atoms with E-state index in [1.807, 2.05) is 0 Å². The molecular formula is C27H23Cl2F7N4O3S. The van der Waals surface area contributed by atoms with E-state index in [2.05, 4.69) is 19.6 Å². The van der Waals surface area contributed by atoms with E-state index in [0.717, 1.165) is 60.6 Å². The summed E-state index contributed by atoms with van der Waals surface area (Å²) in [6.07, 6.45) is -10.1. The molecule has 0 aliphatic heterocycles. The van der Waals surface area contributed by atoms with Gasteiger partial charge in [-0.3, -0.25) is 14.5 Å². The molecule has 4 rings (SSSR count). The summed E-state index contributed by atoms with van der Waals surface area (Å²) in [6, 6.07) is 3.36. The van der Waals surface area contributed by atoms with E-state index in [1.165, 1.54) is 6.92 Å². The highest BCUT2D eigenvalue weighted by Crippen LogP contribution is 2.43. The Bertz CT molecular complexity index is 1480. The highest BCUT2D eigenvalue weighted by atomic mass is 35.5. The SMILES string of the molecule is Cc1nnsc1C(=O)N(c1cc(Cl)c(OC(F)(F)C(F)F)c(Cl)c1)C(C(=O)NC1CCCCC1)c1ccc(C(F)(F)F)cc1. The van der Waals surface area contributed by atoms with Crippen LogP contribution in [0, 0.1) is 6.92 Å². The lowest BCUT2D eigenvalue weighted by molar-refractivity contribution is -0.253. The molecule has 2 aromatic carbocycles. The fourth-order valence-corrected chi connectivity index (χ4v) is 5.83. The fourth-order valence-electron chi connectivity index (χ4n) is 4.68. The maximum Gasteiger partial charge on any atom is 0.461 e. The Labute approximate surface area is 260 Å². The van der Waals surface area contributed by atoms with Gasteiger partial charge >= 0.3 is 18.7 Å². The van der Waals surface area contributed by atoms with E-state index in [0.29, 0.717) is 24.4 Å². The zero-order valence-electron chi connectivity index (χ0n) is 22.6. The predicted octanol–water partition coefficient (Wildman–Crippen LogP) is 8.25. The Kier molecular flexibility index (Phi) is 10.3. The number of amides is 2. The Morgan fingerprint density at radius 2 is 1.61 bits per heavy atom. The van der Waals surface area contributed by atoms with Gasteiger partial charge in [-0.25, -0.2) is 0 Å². The van der Waals surface area contributed by atoms with E-state index >= 15 is 0 Å². The van der Waals surface area contributed by atoms with Crippen molar-refractivity contribution >= 4 is 52.2 Å². The first-order valence-corrected chi connectivity index (χ1v) is 14.6. The molecule has 2 amide bonds. The van der Waals surface area contributed by atoms with Crippen molar-refractivity contribution in [3.05, 3.63) is 68.1 Å². The number of hydrogen-bond donors (Lipinski definition) is 1. The quantitative estimate of drug-likeness (QED) is 0.229. The number of aryl methyl sites for hydroxylation is 1. The molecule has 1 aliphatic rings. The summed E-state index contributed by atoms with van der Waals surface area (Å²) < 4.78 is 101. The van der Waals surface area contributed by atoms with Crippen LogP contribution >= 0.6 is 34.7 Å². The smallest absolute Gasteiger partial charge is 0.425 e. The Balaban J connectivity index is 1.88. The van der Waals surface area contributed by atoms with Crippen molar-refractivity contribution in [3.8, 4) is 5.75 Å². The standard InChI is InChI=1S/C27H23Cl2F7N4O3S/c1-13-22(44-39-38-13)24(42)40(17-11-18(28)21(19(29)12-17)43-27(35,36)25(30)31)20(23(41)37-16-5-3-2-4-6-16)14-7-9-15(10-8-14)26(32,33)34/h7-12,16,20,25H,2-6H2,1H3,(H,37,41). The lowest BCUT2D eigenvalue weighted by Gasteiger charge is -2.33. The van der Waals surface area contributed by atoms with Crippen LogP contribution in [-0.2, 0) is 11.0 Å². The van der Waals surface area contributed by atoms with Crippen LogP contribution in [0.1, 0.15) is 64.6 Å². The number of nitrogens with one attached hydrogen (secondary N) is 1. The summed E-state index contributed by atoms with van der Waals surface area (Å²) in [5, 5.41) is 5.22. The van der Waals surface area contributed by atoms with Gasteiger partial charge in [-0.15, -0.1) is 5.10 Å². The van der Waals surface area contributed by atoms with Crippen molar-refractivity contribution in [1.29, 1.82) is 0 Å². The van der Waals surface area contributed by atoms with Gasteiger partial charge in [0.15, 0.2) is 5.75 Å². The monoisotopic (exact) mass is 686 g/mol. The lowest BCUT2D eigenvalue weighted by Crippen LogP contribution is -2.47. The number of ether oxygens (including phenoxy) is 1. The first-order valence-electron chi connectivity index (χ1n) is 13.0. The summed E-state index contributed by atoms with van der Waals surface area (Å²) in [5.74, 6) is -2.69.